The van der Waals surface area contributed by atoms with Gasteiger partial charge in [0.2, 0.25) is 0 Å². The Labute approximate surface area is 112 Å². The van der Waals surface area contributed by atoms with Gasteiger partial charge in [-0.2, -0.15) is 0 Å². The summed E-state index contributed by atoms with van der Waals surface area (Å²) in [6.45, 7) is 0. The topological polar surface area (TPSA) is 9.23 Å². The van der Waals surface area contributed by atoms with Gasteiger partial charge in [0.25, 0.3) is 0 Å². The maximum absolute atomic E-state index is 5.30. The van der Waals surface area contributed by atoms with Crippen molar-refractivity contribution < 1.29 is 4.74 Å². The maximum Gasteiger partial charge on any atom is 0.119 e. The third-order valence-electron chi connectivity index (χ3n) is 3.57. The molecule has 0 bridgehead atoms. The van der Waals surface area contributed by atoms with Gasteiger partial charge >= 0.3 is 0 Å². The summed E-state index contributed by atoms with van der Waals surface area (Å²) in [4.78, 5) is 0. The molecule has 16 heavy (non-hydrogen) atoms. The quantitative estimate of drug-likeness (QED) is 0.589. The third-order valence-corrected chi connectivity index (χ3v) is 4.81. The van der Waals surface area contributed by atoms with Crippen molar-refractivity contribution in [3.8, 4) is 5.75 Å². The lowest BCUT2D eigenvalue weighted by Gasteiger charge is -2.28. The second-order valence-corrected chi connectivity index (χ2v) is 5.54. The lowest BCUT2D eigenvalue weighted by molar-refractivity contribution is 0.350. The molecule has 1 nitrogen and oxygen atoms in total. The molecule has 0 aromatic heterocycles. The predicted octanol–water partition coefficient (Wildman–Crippen LogP) is 4.40. The smallest absolute Gasteiger partial charge is 0.119 e. The Morgan fingerprint density at radius 1 is 1.38 bits per heavy atom. The molecule has 1 aliphatic carbocycles. The Balaban J connectivity index is 2.10. The molecule has 1 fully saturated rings. The number of rotatable bonds is 3. The van der Waals surface area contributed by atoms with E-state index in [9.17, 15) is 0 Å². The zero-order chi connectivity index (χ0) is 11.4. The second kappa shape index (κ2) is 5.89. The van der Waals surface area contributed by atoms with E-state index in [4.69, 9.17) is 4.74 Å². The van der Waals surface area contributed by atoms with Crippen molar-refractivity contribution in [2.24, 2.45) is 5.92 Å². The Bertz CT molecular complexity index is 337. The van der Waals surface area contributed by atoms with Crippen molar-refractivity contribution in [1.29, 1.82) is 0 Å². The third kappa shape index (κ3) is 2.90. The lowest BCUT2D eigenvalue weighted by atomic mass is 9.79. The van der Waals surface area contributed by atoms with Gasteiger partial charge in [-0.25, -0.2) is 0 Å². The van der Waals surface area contributed by atoms with E-state index in [1.807, 2.05) is 6.07 Å². The Morgan fingerprint density at radius 2 is 2.25 bits per heavy atom. The van der Waals surface area contributed by atoms with Crippen molar-refractivity contribution in [2.45, 2.75) is 31.6 Å². The van der Waals surface area contributed by atoms with Crippen LogP contribution in [0.4, 0.5) is 0 Å². The molecule has 0 radical (unpaired) electrons. The zero-order valence-electron chi connectivity index (χ0n) is 9.79. The molecule has 1 aromatic rings. The predicted molar refractivity (Wildman–Crippen MR) is 76.6 cm³/mol. The first-order chi connectivity index (χ1) is 7.83. The number of ether oxygens (including phenoxy) is 1. The van der Waals surface area contributed by atoms with Gasteiger partial charge in [0.1, 0.15) is 5.75 Å². The number of benzene rings is 1. The summed E-state index contributed by atoms with van der Waals surface area (Å²) in [5.41, 5.74) is 1.47. The molecule has 1 aromatic carbocycles. The molecule has 88 valence electrons. The first-order valence-electron chi connectivity index (χ1n) is 6.03. The fourth-order valence-corrected chi connectivity index (χ4v) is 3.43. The molecule has 2 heteroatoms. The molecule has 0 saturated heterocycles. The molecular weight excluding hydrogens is 311 g/mol. The molecule has 0 aliphatic heterocycles. The van der Waals surface area contributed by atoms with Gasteiger partial charge in [0.05, 0.1) is 7.11 Å². The van der Waals surface area contributed by atoms with Crippen LogP contribution in [-0.2, 0) is 0 Å². The molecule has 0 N–H and O–H groups in total. The van der Waals surface area contributed by atoms with Crippen LogP contribution in [-0.4, -0.2) is 11.5 Å². The van der Waals surface area contributed by atoms with Gasteiger partial charge in [-0.1, -0.05) is 41.1 Å². The average molecular weight is 330 g/mol. The molecule has 1 saturated carbocycles. The van der Waals surface area contributed by atoms with Gasteiger partial charge in [-0.05, 0) is 48.8 Å². The molecule has 2 rings (SSSR count). The summed E-state index contributed by atoms with van der Waals surface area (Å²) >= 11 is 2.53. The summed E-state index contributed by atoms with van der Waals surface area (Å²) in [7, 11) is 1.74. The summed E-state index contributed by atoms with van der Waals surface area (Å²) in [5.74, 6) is 2.67. The minimum Gasteiger partial charge on any atom is -0.497 e. The number of methoxy groups -OCH3 is 1. The summed E-state index contributed by atoms with van der Waals surface area (Å²) < 4.78 is 6.60. The van der Waals surface area contributed by atoms with Crippen LogP contribution in [0.25, 0.3) is 0 Å². The first-order valence-corrected chi connectivity index (χ1v) is 7.56. The fraction of sp³-hybridized carbons (Fsp3) is 0.571. The van der Waals surface area contributed by atoms with Crippen molar-refractivity contribution in [1.82, 2.24) is 0 Å². The SMILES string of the molecule is COc1cccc(C2CCCC(CI)C2)c1. The van der Waals surface area contributed by atoms with Crippen LogP contribution in [0.5, 0.6) is 5.75 Å². The van der Waals surface area contributed by atoms with Crippen LogP contribution < -0.4 is 4.74 Å². The molecule has 0 spiro atoms. The number of halogens is 1. The van der Waals surface area contributed by atoms with Gasteiger partial charge < -0.3 is 4.74 Å². The van der Waals surface area contributed by atoms with Crippen LogP contribution in [0.15, 0.2) is 24.3 Å². The van der Waals surface area contributed by atoms with E-state index in [1.54, 1.807) is 7.11 Å². The molecule has 0 heterocycles. The van der Waals surface area contributed by atoms with Crippen molar-refractivity contribution in [3.05, 3.63) is 29.8 Å². The highest BCUT2D eigenvalue weighted by atomic mass is 127. The van der Waals surface area contributed by atoms with E-state index in [0.29, 0.717) is 0 Å². The molecule has 0 amide bonds. The van der Waals surface area contributed by atoms with E-state index in [2.05, 4.69) is 40.8 Å². The van der Waals surface area contributed by atoms with E-state index >= 15 is 0 Å². The number of hydrogen-bond donors (Lipinski definition) is 0. The average Bonchev–Trinajstić information content (AvgIpc) is 2.39. The van der Waals surface area contributed by atoms with E-state index in [-0.39, 0.29) is 0 Å². The minimum atomic E-state index is 0.753. The van der Waals surface area contributed by atoms with Crippen molar-refractivity contribution >= 4 is 22.6 Å². The van der Waals surface area contributed by atoms with Gasteiger partial charge in [0.15, 0.2) is 0 Å². The summed E-state index contributed by atoms with van der Waals surface area (Å²) in [5, 5.41) is 0. The van der Waals surface area contributed by atoms with Crippen LogP contribution >= 0.6 is 22.6 Å². The van der Waals surface area contributed by atoms with Gasteiger partial charge in [-0.3, -0.25) is 0 Å². The van der Waals surface area contributed by atoms with Crippen molar-refractivity contribution in [2.75, 3.05) is 11.5 Å². The monoisotopic (exact) mass is 330 g/mol. The van der Waals surface area contributed by atoms with Crippen molar-refractivity contribution in [3.63, 3.8) is 0 Å². The second-order valence-electron chi connectivity index (χ2n) is 4.66. The summed E-state index contributed by atoms with van der Waals surface area (Å²) in [6, 6.07) is 8.60. The highest BCUT2D eigenvalue weighted by Crippen LogP contribution is 2.37. The van der Waals surface area contributed by atoms with Crippen LogP contribution in [0, 0.1) is 5.92 Å². The molecule has 2 atom stereocenters. The first kappa shape index (κ1) is 12.2. The molecule has 2 unspecified atom stereocenters. The number of hydrogen-bond acceptors (Lipinski definition) is 1. The molecular formula is C14H19IO. The van der Waals surface area contributed by atoms with Crippen LogP contribution in [0.2, 0.25) is 0 Å². The minimum absolute atomic E-state index is 0.753. The summed E-state index contributed by atoms with van der Waals surface area (Å²) in [6.07, 6.45) is 5.51. The lowest BCUT2D eigenvalue weighted by Crippen LogP contribution is -2.15. The van der Waals surface area contributed by atoms with Crippen LogP contribution in [0.3, 0.4) is 0 Å². The molecule has 1 aliphatic rings. The van der Waals surface area contributed by atoms with E-state index in [1.165, 1.54) is 35.7 Å². The normalized spacial score (nSPS) is 25.4. The zero-order valence-corrected chi connectivity index (χ0v) is 11.9. The Hall–Kier alpha value is -0.250. The van der Waals surface area contributed by atoms with Gasteiger partial charge in [0, 0.05) is 4.43 Å². The largest absolute Gasteiger partial charge is 0.497 e. The maximum atomic E-state index is 5.30. The number of alkyl halides is 1. The Morgan fingerprint density at radius 3 is 3.00 bits per heavy atom. The van der Waals surface area contributed by atoms with E-state index in [0.717, 1.165) is 17.6 Å². The fourth-order valence-electron chi connectivity index (χ4n) is 2.63. The Kier molecular flexibility index (Phi) is 4.50. The van der Waals surface area contributed by atoms with E-state index < -0.39 is 0 Å². The van der Waals surface area contributed by atoms with Gasteiger partial charge in [-0.15, -0.1) is 0 Å². The standard InChI is InChI=1S/C14H19IO/c1-16-14-7-3-6-13(9-14)12-5-2-4-11(8-12)10-15/h3,6-7,9,11-12H,2,4-5,8,10H2,1H3. The highest BCUT2D eigenvalue weighted by Gasteiger charge is 2.22. The highest BCUT2D eigenvalue weighted by molar-refractivity contribution is 14.1. The van der Waals surface area contributed by atoms with Crippen LogP contribution in [0.1, 0.15) is 37.2 Å².